The van der Waals surface area contributed by atoms with E-state index in [0.29, 0.717) is 0 Å². The Kier molecular flexibility index (Phi) is 5.89. The van der Waals surface area contributed by atoms with Gasteiger partial charge in [0.25, 0.3) is 0 Å². The van der Waals surface area contributed by atoms with Crippen molar-refractivity contribution >= 4 is 64.2 Å². The summed E-state index contributed by atoms with van der Waals surface area (Å²) in [6.07, 6.45) is 0. The Hall–Kier alpha value is -6.10. The van der Waals surface area contributed by atoms with Crippen molar-refractivity contribution in [3.8, 4) is 39.5 Å². The summed E-state index contributed by atoms with van der Waals surface area (Å²) in [5.74, 6) is 0.731. The molecule has 10 aromatic rings. The van der Waals surface area contributed by atoms with Crippen LogP contribution in [0.2, 0.25) is 0 Å². The van der Waals surface area contributed by atoms with E-state index < -0.39 is 0 Å². The molecule has 0 N–H and O–H groups in total. The van der Waals surface area contributed by atoms with Gasteiger partial charge in [-0.1, -0.05) is 141 Å². The fraction of sp³-hybridized carbons (Fsp3) is 0.0638. The molecule has 0 unspecified atom stereocenters. The van der Waals surface area contributed by atoms with Crippen molar-refractivity contribution in [3.05, 3.63) is 163 Å². The number of hydrogen-bond acceptors (Lipinski definition) is 3. The predicted octanol–water partition coefficient (Wildman–Crippen LogP) is 12.7. The van der Waals surface area contributed by atoms with E-state index >= 15 is 0 Å². The second-order valence-electron chi connectivity index (χ2n) is 14.2. The summed E-state index contributed by atoms with van der Waals surface area (Å²) in [5, 5.41) is 7.51. The lowest BCUT2D eigenvalue weighted by Gasteiger charge is -2.34. The first-order valence-corrected chi connectivity index (χ1v) is 18.3. The van der Waals surface area contributed by atoms with Gasteiger partial charge in [-0.05, 0) is 57.3 Å². The van der Waals surface area contributed by atoms with Crippen LogP contribution in [0.5, 0.6) is 0 Å². The van der Waals surface area contributed by atoms with Gasteiger partial charge in [-0.15, -0.1) is 11.3 Å². The van der Waals surface area contributed by atoms with Crippen LogP contribution >= 0.6 is 11.3 Å². The molecule has 0 aliphatic carbocycles. The maximum absolute atomic E-state index is 5.38. The fourth-order valence-corrected chi connectivity index (χ4v) is 9.78. The Labute approximate surface area is 299 Å². The van der Waals surface area contributed by atoms with Crippen molar-refractivity contribution in [1.82, 2.24) is 14.5 Å². The summed E-state index contributed by atoms with van der Waals surface area (Å²) in [7, 11) is 0. The molecule has 7 aromatic carbocycles. The van der Waals surface area contributed by atoms with Gasteiger partial charge < -0.3 is 4.57 Å². The normalized spacial score (nSPS) is 13.5. The van der Waals surface area contributed by atoms with Gasteiger partial charge in [0.2, 0.25) is 0 Å². The Bertz CT molecular complexity index is 3070. The molecule has 0 atom stereocenters. The first kappa shape index (κ1) is 28.7. The summed E-state index contributed by atoms with van der Waals surface area (Å²) in [4.78, 5) is 11.9. The van der Waals surface area contributed by atoms with Crippen LogP contribution in [-0.4, -0.2) is 14.5 Å². The summed E-state index contributed by atoms with van der Waals surface area (Å²) < 4.78 is 3.83. The van der Waals surface area contributed by atoms with E-state index in [0.717, 1.165) is 33.5 Å². The van der Waals surface area contributed by atoms with Crippen LogP contribution in [0.4, 0.5) is 0 Å². The lowest BCUT2D eigenvalue weighted by molar-refractivity contribution is 0.630. The van der Waals surface area contributed by atoms with Crippen LogP contribution in [0.15, 0.2) is 152 Å². The number of para-hydroxylation sites is 2. The first-order valence-electron chi connectivity index (χ1n) is 17.5. The van der Waals surface area contributed by atoms with Crippen LogP contribution in [0.1, 0.15) is 25.0 Å². The molecule has 3 nitrogen and oxygen atoms in total. The van der Waals surface area contributed by atoms with E-state index in [9.17, 15) is 0 Å². The zero-order valence-electron chi connectivity index (χ0n) is 28.2. The topological polar surface area (TPSA) is 30.7 Å². The van der Waals surface area contributed by atoms with Gasteiger partial charge in [-0.3, -0.25) is 0 Å². The summed E-state index contributed by atoms with van der Waals surface area (Å²) >= 11 is 1.88. The van der Waals surface area contributed by atoms with Crippen molar-refractivity contribution in [3.63, 3.8) is 0 Å². The molecule has 0 bridgehead atoms. The van der Waals surface area contributed by atoms with Crippen molar-refractivity contribution in [2.45, 2.75) is 19.3 Å². The number of hydrogen-bond donors (Lipinski definition) is 0. The van der Waals surface area contributed by atoms with Gasteiger partial charge in [0.1, 0.15) is 4.83 Å². The molecule has 1 aliphatic rings. The quantitative estimate of drug-likeness (QED) is 0.187. The van der Waals surface area contributed by atoms with Gasteiger partial charge in [0.15, 0.2) is 5.82 Å². The minimum Gasteiger partial charge on any atom is -0.300 e. The van der Waals surface area contributed by atoms with Crippen LogP contribution in [-0.2, 0) is 5.41 Å². The zero-order chi connectivity index (χ0) is 33.8. The van der Waals surface area contributed by atoms with E-state index in [1.165, 1.54) is 69.9 Å². The SMILES string of the molecule is CC1(C)c2ccc(-c3nc(-c4cccc(-c5cccc6ccccc56)c4)c4ccccc4n3)cc2-n2c3sc4ccccc4c3c3cccc1c32. The molecule has 240 valence electrons. The molecule has 51 heavy (non-hydrogen) atoms. The summed E-state index contributed by atoms with van der Waals surface area (Å²) in [5.41, 5.74) is 11.4. The third-order valence-corrected chi connectivity index (χ3v) is 12.1. The van der Waals surface area contributed by atoms with E-state index in [2.05, 4.69) is 170 Å². The average molecular weight is 670 g/mol. The predicted molar refractivity (Wildman–Crippen MR) is 215 cm³/mol. The standard InChI is InChI=1S/C47H31N3S/c1-47(2)37-25-24-31(27-40(37)50-44-36(20-11-21-38(44)47)42-35-18-6-8-23-41(35)51-46(42)50)45-48-39-22-7-5-17-34(39)43(49-45)30-15-9-14-29(26-30)33-19-10-13-28-12-3-4-16-32(28)33/h3-27H,1-2H3. The van der Waals surface area contributed by atoms with Crippen molar-refractivity contribution in [1.29, 1.82) is 0 Å². The highest BCUT2D eigenvalue weighted by molar-refractivity contribution is 7.25. The molecule has 4 heterocycles. The minimum atomic E-state index is -0.170. The zero-order valence-corrected chi connectivity index (χ0v) is 29.0. The van der Waals surface area contributed by atoms with Crippen LogP contribution in [0, 0.1) is 0 Å². The maximum Gasteiger partial charge on any atom is 0.160 e. The van der Waals surface area contributed by atoms with Crippen LogP contribution in [0.3, 0.4) is 0 Å². The third-order valence-electron chi connectivity index (χ3n) is 11.0. The van der Waals surface area contributed by atoms with E-state index in [-0.39, 0.29) is 5.41 Å². The highest BCUT2D eigenvalue weighted by atomic mass is 32.1. The Morgan fingerprint density at radius 3 is 2.20 bits per heavy atom. The molecule has 0 saturated carbocycles. The molecule has 0 spiro atoms. The van der Waals surface area contributed by atoms with Gasteiger partial charge in [0.05, 0.1) is 22.4 Å². The Morgan fingerprint density at radius 2 is 1.27 bits per heavy atom. The number of fused-ring (bicyclic) bond motifs is 9. The van der Waals surface area contributed by atoms with E-state index in [1.807, 2.05) is 11.3 Å². The molecule has 0 amide bonds. The number of benzene rings is 7. The van der Waals surface area contributed by atoms with Gasteiger partial charge in [0, 0.05) is 42.8 Å². The minimum absolute atomic E-state index is 0.170. The number of aromatic nitrogens is 3. The third kappa shape index (κ3) is 4.05. The molecule has 0 radical (unpaired) electrons. The maximum atomic E-state index is 5.38. The smallest absolute Gasteiger partial charge is 0.160 e. The van der Waals surface area contributed by atoms with Crippen LogP contribution in [0.25, 0.3) is 92.3 Å². The summed E-state index contributed by atoms with van der Waals surface area (Å²) in [6.45, 7) is 4.72. The highest BCUT2D eigenvalue weighted by Gasteiger charge is 2.36. The molecule has 4 heteroatoms. The number of nitrogens with zero attached hydrogens (tertiary/aromatic N) is 3. The van der Waals surface area contributed by atoms with Gasteiger partial charge in [-0.2, -0.15) is 0 Å². The largest absolute Gasteiger partial charge is 0.300 e. The monoisotopic (exact) mass is 669 g/mol. The second-order valence-corrected chi connectivity index (χ2v) is 15.2. The van der Waals surface area contributed by atoms with E-state index in [1.54, 1.807) is 0 Å². The molecular formula is C47H31N3S. The second kappa shape index (κ2) is 10.5. The van der Waals surface area contributed by atoms with Crippen LogP contribution < -0.4 is 0 Å². The Morgan fingerprint density at radius 1 is 0.549 bits per heavy atom. The molecule has 0 fully saturated rings. The van der Waals surface area contributed by atoms with E-state index in [4.69, 9.17) is 9.97 Å². The average Bonchev–Trinajstić information content (AvgIpc) is 3.71. The first-order chi connectivity index (χ1) is 25.0. The number of thiophene rings is 1. The van der Waals surface area contributed by atoms with Gasteiger partial charge >= 0.3 is 0 Å². The van der Waals surface area contributed by atoms with Crippen molar-refractivity contribution in [2.75, 3.05) is 0 Å². The number of rotatable bonds is 3. The molecular weight excluding hydrogens is 639 g/mol. The molecule has 11 rings (SSSR count). The van der Waals surface area contributed by atoms with Gasteiger partial charge in [-0.25, -0.2) is 9.97 Å². The lowest BCUT2D eigenvalue weighted by atomic mass is 9.74. The lowest BCUT2D eigenvalue weighted by Crippen LogP contribution is -2.26. The van der Waals surface area contributed by atoms with Crippen molar-refractivity contribution < 1.29 is 0 Å². The molecule has 0 saturated heterocycles. The van der Waals surface area contributed by atoms with Crippen molar-refractivity contribution in [2.24, 2.45) is 0 Å². The summed E-state index contributed by atoms with van der Waals surface area (Å²) in [6, 6.07) is 54.8. The highest BCUT2D eigenvalue weighted by Crippen LogP contribution is 2.51. The Balaban J connectivity index is 1.14. The molecule has 3 aromatic heterocycles. The molecule has 1 aliphatic heterocycles. The fourth-order valence-electron chi connectivity index (χ4n) is 8.54.